The third-order valence-corrected chi connectivity index (χ3v) is 4.02. The Morgan fingerprint density at radius 3 is 2.69 bits per heavy atom. The van der Waals surface area contributed by atoms with Crippen molar-refractivity contribution in [3.8, 4) is 0 Å². The van der Waals surface area contributed by atoms with Gasteiger partial charge in [0.05, 0.1) is 16.7 Å². The number of hydrogen-bond acceptors (Lipinski definition) is 5. The van der Waals surface area contributed by atoms with Crippen molar-refractivity contribution < 1.29 is 18.7 Å². The maximum Gasteiger partial charge on any atom is 0.331 e. The molecule has 1 aromatic carbocycles. The second kappa shape index (κ2) is 7.44. The maximum atomic E-state index is 12.0. The molecule has 0 radical (unpaired) electrons. The number of aromatic nitrogens is 2. The third kappa shape index (κ3) is 4.31. The number of esters is 1. The summed E-state index contributed by atoms with van der Waals surface area (Å²) < 4.78 is 10.7. The summed E-state index contributed by atoms with van der Waals surface area (Å²) in [7, 11) is 0. The van der Waals surface area contributed by atoms with Gasteiger partial charge in [0, 0.05) is 10.5 Å². The summed E-state index contributed by atoms with van der Waals surface area (Å²) >= 11 is 3.31. The molecule has 1 amide bonds. The third-order valence-electron chi connectivity index (χ3n) is 3.37. The summed E-state index contributed by atoms with van der Waals surface area (Å²) in [4.78, 5) is 40.1. The van der Waals surface area contributed by atoms with Gasteiger partial charge in [-0.2, -0.15) is 0 Å². The van der Waals surface area contributed by atoms with Crippen LogP contribution in [0.5, 0.6) is 0 Å². The topological polar surface area (TPSA) is 117 Å². The highest BCUT2D eigenvalue weighted by atomic mass is 79.9. The lowest BCUT2D eigenvalue weighted by Gasteiger charge is -2.07. The molecule has 2 aromatic heterocycles. The van der Waals surface area contributed by atoms with E-state index in [1.807, 2.05) is 0 Å². The number of furan rings is 1. The van der Waals surface area contributed by atoms with Crippen molar-refractivity contribution in [2.45, 2.75) is 6.92 Å². The number of anilines is 1. The number of ether oxygens (including phenoxy) is 1. The van der Waals surface area contributed by atoms with E-state index >= 15 is 0 Å². The molecule has 134 valence electrons. The van der Waals surface area contributed by atoms with Crippen LogP contribution in [0.4, 0.5) is 5.69 Å². The number of halogens is 1. The van der Waals surface area contributed by atoms with E-state index in [0.29, 0.717) is 27.0 Å². The first kappa shape index (κ1) is 17.7. The first-order valence-electron chi connectivity index (χ1n) is 7.53. The molecular weight excluding hydrogens is 406 g/mol. The molecule has 0 saturated heterocycles. The van der Waals surface area contributed by atoms with E-state index < -0.39 is 18.5 Å². The fourth-order valence-electron chi connectivity index (χ4n) is 2.22. The summed E-state index contributed by atoms with van der Waals surface area (Å²) in [5, 5.41) is 2.60. The molecule has 0 aliphatic heterocycles. The molecule has 26 heavy (non-hydrogen) atoms. The van der Waals surface area contributed by atoms with Crippen LogP contribution in [-0.2, 0) is 14.3 Å². The fourth-order valence-corrected chi connectivity index (χ4v) is 2.66. The first-order chi connectivity index (χ1) is 12.4. The average molecular weight is 420 g/mol. The summed E-state index contributed by atoms with van der Waals surface area (Å²) in [6.07, 6.45) is 2.64. The van der Waals surface area contributed by atoms with Gasteiger partial charge in [-0.05, 0) is 53.2 Å². The predicted molar refractivity (Wildman–Crippen MR) is 98.7 cm³/mol. The van der Waals surface area contributed by atoms with Crippen molar-refractivity contribution in [3.63, 3.8) is 0 Å². The Morgan fingerprint density at radius 2 is 2.00 bits per heavy atom. The minimum absolute atomic E-state index is 0.345. The number of fused-ring (bicyclic) bond motifs is 1. The van der Waals surface area contributed by atoms with Gasteiger partial charge in [0.15, 0.2) is 6.61 Å². The van der Waals surface area contributed by atoms with Gasteiger partial charge in [-0.15, -0.1) is 0 Å². The summed E-state index contributed by atoms with van der Waals surface area (Å²) in [5.74, 6) is 0.0579. The van der Waals surface area contributed by atoms with Crippen LogP contribution in [0.2, 0.25) is 0 Å². The zero-order valence-corrected chi connectivity index (χ0v) is 15.2. The fraction of sp³-hybridized carbons (Fsp3) is 0.118. The second-order valence-electron chi connectivity index (χ2n) is 5.39. The van der Waals surface area contributed by atoms with Crippen LogP contribution in [0.3, 0.4) is 0 Å². The van der Waals surface area contributed by atoms with E-state index in [2.05, 4.69) is 31.2 Å². The lowest BCUT2D eigenvalue weighted by Crippen LogP contribution is -2.20. The van der Waals surface area contributed by atoms with Crippen molar-refractivity contribution in [3.05, 3.63) is 56.8 Å². The summed E-state index contributed by atoms with van der Waals surface area (Å²) in [5.41, 5.74) is 1.24. The standard InChI is InChI=1S/C17H14BrN3O5/c1-9-2-3-10(26-9)4-5-16(23)25-8-15(22)19-12-7-14-13(6-11(12)18)20-17(24)21-14/h2-7H,8H2,1H3,(H,19,22)(H2,20,21,24)/b5-4+. The highest BCUT2D eigenvalue weighted by molar-refractivity contribution is 9.10. The molecular formula is C17H14BrN3O5. The van der Waals surface area contributed by atoms with Crippen LogP contribution in [0.15, 0.2) is 44.0 Å². The smallest absolute Gasteiger partial charge is 0.331 e. The lowest BCUT2D eigenvalue weighted by molar-refractivity contribution is -0.142. The van der Waals surface area contributed by atoms with Crippen molar-refractivity contribution in [1.82, 2.24) is 9.97 Å². The van der Waals surface area contributed by atoms with Gasteiger partial charge in [-0.1, -0.05) is 0 Å². The molecule has 0 spiro atoms. The Labute approximate surface area is 155 Å². The van der Waals surface area contributed by atoms with E-state index in [0.717, 1.165) is 5.76 Å². The largest absolute Gasteiger partial charge is 0.462 e. The van der Waals surface area contributed by atoms with Crippen molar-refractivity contribution >= 4 is 50.6 Å². The number of aryl methyl sites for hydroxylation is 1. The molecule has 0 aliphatic carbocycles. The van der Waals surface area contributed by atoms with E-state index in [1.54, 1.807) is 31.2 Å². The molecule has 0 atom stereocenters. The molecule has 0 fully saturated rings. The molecule has 2 heterocycles. The van der Waals surface area contributed by atoms with Gasteiger partial charge >= 0.3 is 11.7 Å². The number of imidazole rings is 1. The van der Waals surface area contributed by atoms with Gasteiger partial charge < -0.3 is 24.4 Å². The molecule has 3 aromatic rings. The Morgan fingerprint density at radius 1 is 1.27 bits per heavy atom. The Balaban J connectivity index is 1.57. The molecule has 0 unspecified atom stereocenters. The summed E-state index contributed by atoms with van der Waals surface area (Å²) in [6, 6.07) is 6.73. The SMILES string of the molecule is Cc1ccc(/C=C/C(=O)OCC(=O)Nc2cc3[nH]c(=O)[nH]c3cc2Br)o1. The van der Waals surface area contributed by atoms with E-state index in [-0.39, 0.29) is 5.69 Å². The molecule has 3 N–H and O–H groups in total. The Hall–Kier alpha value is -3.07. The number of aromatic amines is 2. The monoisotopic (exact) mass is 419 g/mol. The second-order valence-corrected chi connectivity index (χ2v) is 6.25. The zero-order valence-electron chi connectivity index (χ0n) is 13.6. The van der Waals surface area contributed by atoms with Crippen LogP contribution in [0.25, 0.3) is 17.1 Å². The Bertz CT molecular complexity index is 1060. The number of amides is 1. The average Bonchev–Trinajstić information content (AvgIpc) is 3.15. The molecule has 8 nitrogen and oxygen atoms in total. The molecule has 0 aliphatic rings. The van der Waals surface area contributed by atoms with Crippen molar-refractivity contribution in [2.75, 3.05) is 11.9 Å². The minimum Gasteiger partial charge on any atom is -0.462 e. The summed E-state index contributed by atoms with van der Waals surface area (Å²) in [6.45, 7) is 1.34. The molecule has 0 saturated carbocycles. The van der Waals surface area contributed by atoms with Crippen LogP contribution < -0.4 is 11.0 Å². The number of hydrogen-bond donors (Lipinski definition) is 3. The molecule has 3 rings (SSSR count). The molecule has 0 bridgehead atoms. The van der Waals surface area contributed by atoms with Crippen molar-refractivity contribution in [1.29, 1.82) is 0 Å². The lowest BCUT2D eigenvalue weighted by atomic mass is 10.2. The number of benzene rings is 1. The van der Waals surface area contributed by atoms with Gasteiger partial charge in [-0.25, -0.2) is 9.59 Å². The van der Waals surface area contributed by atoms with Gasteiger partial charge in [0.25, 0.3) is 5.91 Å². The maximum absolute atomic E-state index is 12.0. The predicted octanol–water partition coefficient (Wildman–Crippen LogP) is 2.72. The number of rotatable bonds is 5. The number of carbonyl (C=O) groups excluding carboxylic acids is 2. The Kier molecular flexibility index (Phi) is 5.08. The van der Waals surface area contributed by atoms with Gasteiger partial charge in [-0.3, -0.25) is 4.79 Å². The minimum atomic E-state index is -0.668. The van der Waals surface area contributed by atoms with Crippen LogP contribution in [-0.4, -0.2) is 28.5 Å². The van der Waals surface area contributed by atoms with Crippen LogP contribution in [0, 0.1) is 6.92 Å². The highest BCUT2D eigenvalue weighted by Crippen LogP contribution is 2.26. The number of nitrogens with one attached hydrogen (secondary N) is 3. The van der Waals surface area contributed by atoms with E-state index in [1.165, 1.54) is 12.2 Å². The van der Waals surface area contributed by atoms with Crippen LogP contribution >= 0.6 is 15.9 Å². The highest BCUT2D eigenvalue weighted by Gasteiger charge is 2.10. The van der Waals surface area contributed by atoms with E-state index in [9.17, 15) is 14.4 Å². The molecule has 9 heteroatoms. The van der Waals surface area contributed by atoms with Crippen LogP contribution in [0.1, 0.15) is 11.5 Å². The number of H-pyrrole nitrogens is 2. The van der Waals surface area contributed by atoms with E-state index in [4.69, 9.17) is 9.15 Å². The zero-order chi connectivity index (χ0) is 18.7. The number of carbonyl (C=O) groups is 2. The van der Waals surface area contributed by atoms with Gasteiger partial charge in [0.2, 0.25) is 0 Å². The first-order valence-corrected chi connectivity index (χ1v) is 8.33. The normalized spacial score (nSPS) is 11.2. The van der Waals surface area contributed by atoms with Crippen molar-refractivity contribution in [2.24, 2.45) is 0 Å². The quantitative estimate of drug-likeness (QED) is 0.434. The van der Waals surface area contributed by atoms with Gasteiger partial charge in [0.1, 0.15) is 11.5 Å².